The predicted octanol–water partition coefficient (Wildman–Crippen LogP) is 1.65. The van der Waals surface area contributed by atoms with Gasteiger partial charge < -0.3 is 0 Å². The molecule has 0 atom stereocenters. The van der Waals surface area contributed by atoms with Crippen molar-refractivity contribution >= 4 is 22.4 Å². The Bertz CT molecular complexity index is 1160. The Morgan fingerprint density at radius 1 is 1.17 bits per heavy atom. The SMILES string of the molecule is Cc1nc2ncnn2c2ccn(-c3ccc([N+](=O)[O-])cc3)c(=O)c12. The summed E-state index contributed by atoms with van der Waals surface area (Å²) in [4.78, 5) is 31.4. The van der Waals surface area contributed by atoms with E-state index in [2.05, 4.69) is 15.1 Å². The Hall–Kier alpha value is -3.62. The van der Waals surface area contributed by atoms with E-state index in [-0.39, 0.29) is 11.2 Å². The zero-order valence-corrected chi connectivity index (χ0v) is 12.4. The van der Waals surface area contributed by atoms with Crippen LogP contribution in [0, 0.1) is 17.0 Å². The maximum absolute atomic E-state index is 12.9. The van der Waals surface area contributed by atoms with Gasteiger partial charge in [-0.1, -0.05) is 0 Å². The molecule has 4 aromatic rings. The van der Waals surface area contributed by atoms with Crippen LogP contribution < -0.4 is 5.56 Å². The first-order valence-electron chi connectivity index (χ1n) is 7.03. The molecule has 1 aromatic carbocycles. The number of aryl methyl sites for hydroxylation is 1. The molecule has 0 aliphatic heterocycles. The molecular weight excluding hydrogens is 312 g/mol. The standard InChI is InChI=1S/C15H10N6O3/c1-9-13-12(20-15(18-9)16-8-17-20)6-7-19(14(13)22)10-2-4-11(5-3-10)21(23)24/h2-8H,1H3. The van der Waals surface area contributed by atoms with Crippen LogP contribution in [0.25, 0.3) is 22.4 Å². The Labute approximate surface area is 134 Å². The summed E-state index contributed by atoms with van der Waals surface area (Å²) in [5.74, 6) is 0.424. The highest BCUT2D eigenvalue weighted by atomic mass is 16.6. The molecule has 0 bridgehead atoms. The number of benzene rings is 1. The normalized spacial score (nSPS) is 11.2. The third-order valence-corrected chi connectivity index (χ3v) is 3.80. The summed E-state index contributed by atoms with van der Waals surface area (Å²) in [7, 11) is 0. The molecule has 0 fully saturated rings. The molecule has 0 unspecified atom stereocenters. The number of nitro groups is 1. The number of nitro benzene ring substituents is 1. The molecule has 118 valence electrons. The quantitative estimate of drug-likeness (QED) is 0.410. The number of aromatic nitrogens is 5. The molecule has 0 aliphatic rings. The molecule has 3 heterocycles. The maximum Gasteiger partial charge on any atom is 0.269 e. The number of non-ortho nitro benzene ring substituents is 1. The fourth-order valence-electron chi connectivity index (χ4n) is 2.67. The maximum atomic E-state index is 12.9. The molecule has 0 saturated heterocycles. The third kappa shape index (κ3) is 1.95. The van der Waals surface area contributed by atoms with Crippen LogP contribution in [0.3, 0.4) is 0 Å². The molecule has 0 amide bonds. The van der Waals surface area contributed by atoms with Gasteiger partial charge in [0, 0.05) is 24.0 Å². The molecule has 0 spiro atoms. The van der Waals surface area contributed by atoms with Crippen LogP contribution in [0.15, 0.2) is 47.7 Å². The summed E-state index contributed by atoms with van der Waals surface area (Å²) in [5, 5.41) is 15.3. The molecule has 0 aliphatic carbocycles. The molecule has 9 heteroatoms. The van der Waals surface area contributed by atoms with Gasteiger partial charge in [-0.2, -0.15) is 14.6 Å². The second-order valence-electron chi connectivity index (χ2n) is 5.19. The average Bonchev–Trinajstić information content (AvgIpc) is 3.03. The lowest BCUT2D eigenvalue weighted by atomic mass is 10.2. The number of hydrogen-bond donors (Lipinski definition) is 0. The summed E-state index contributed by atoms with van der Waals surface area (Å²) >= 11 is 0. The summed E-state index contributed by atoms with van der Waals surface area (Å²) < 4.78 is 2.92. The largest absolute Gasteiger partial charge is 0.284 e. The minimum Gasteiger partial charge on any atom is -0.284 e. The number of nitrogens with zero attached hydrogens (tertiary/aromatic N) is 6. The lowest BCUT2D eigenvalue weighted by Gasteiger charge is -2.09. The zero-order valence-electron chi connectivity index (χ0n) is 12.4. The van der Waals surface area contributed by atoms with Crippen LogP contribution >= 0.6 is 0 Å². The minimum absolute atomic E-state index is 0.0326. The third-order valence-electron chi connectivity index (χ3n) is 3.80. The first kappa shape index (κ1) is 14.0. The Balaban J connectivity index is 1.99. The van der Waals surface area contributed by atoms with E-state index in [0.717, 1.165) is 0 Å². The van der Waals surface area contributed by atoms with Crippen LogP contribution in [0.5, 0.6) is 0 Å². The number of fused-ring (bicyclic) bond motifs is 3. The Morgan fingerprint density at radius 3 is 2.62 bits per heavy atom. The van der Waals surface area contributed by atoms with Gasteiger partial charge in [-0.25, -0.2) is 4.98 Å². The van der Waals surface area contributed by atoms with Crippen LogP contribution in [0.1, 0.15) is 5.69 Å². The lowest BCUT2D eigenvalue weighted by Crippen LogP contribution is -2.20. The summed E-state index contributed by atoms with van der Waals surface area (Å²) in [6.07, 6.45) is 2.98. The molecule has 0 saturated carbocycles. The van der Waals surface area contributed by atoms with Gasteiger partial charge in [0.15, 0.2) is 0 Å². The summed E-state index contributed by atoms with van der Waals surface area (Å²) in [5.41, 5.74) is 1.38. The van der Waals surface area contributed by atoms with Crippen molar-refractivity contribution in [2.45, 2.75) is 6.92 Å². The summed E-state index contributed by atoms with van der Waals surface area (Å²) in [6.45, 7) is 1.73. The van der Waals surface area contributed by atoms with Gasteiger partial charge in [0.2, 0.25) is 0 Å². The van der Waals surface area contributed by atoms with E-state index in [1.165, 1.54) is 39.7 Å². The van der Waals surface area contributed by atoms with Crippen LogP contribution in [0.2, 0.25) is 0 Å². The number of hydrogen-bond acceptors (Lipinski definition) is 6. The van der Waals surface area contributed by atoms with E-state index in [1.807, 2.05) is 0 Å². The monoisotopic (exact) mass is 322 g/mol. The van der Waals surface area contributed by atoms with Crippen molar-refractivity contribution in [1.29, 1.82) is 0 Å². The van der Waals surface area contributed by atoms with Crippen molar-refractivity contribution in [3.8, 4) is 5.69 Å². The average molecular weight is 322 g/mol. The second-order valence-corrected chi connectivity index (χ2v) is 5.19. The van der Waals surface area contributed by atoms with Gasteiger partial charge in [0.05, 0.1) is 21.5 Å². The molecule has 4 rings (SSSR count). The molecule has 0 radical (unpaired) electrons. The van der Waals surface area contributed by atoms with E-state index in [9.17, 15) is 14.9 Å². The van der Waals surface area contributed by atoms with Crippen molar-refractivity contribution in [1.82, 2.24) is 24.1 Å². The van der Waals surface area contributed by atoms with E-state index in [1.54, 1.807) is 19.2 Å². The van der Waals surface area contributed by atoms with Gasteiger partial charge >= 0.3 is 0 Å². The van der Waals surface area contributed by atoms with Crippen LogP contribution in [-0.2, 0) is 0 Å². The highest BCUT2D eigenvalue weighted by Crippen LogP contribution is 2.17. The topological polar surface area (TPSA) is 108 Å². The minimum atomic E-state index is -0.484. The predicted molar refractivity (Wildman–Crippen MR) is 85.3 cm³/mol. The molecule has 24 heavy (non-hydrogen) atoms. The van der Waals surface area contributed by atoms with Gasteiger partial charge in [-0.3, -0.25) is 19.5 Å². The van der Waals surface area contributed by atoms with Crippen molar-refractivity contribution in [2.24, 2.45) is 0 Å². The van der Waals surface area contributed by atoms with Crippen molar-refractivity contribution in [2.75, 3.05) is 0 Å². The van der Waals surface area contributed by atoms with E-state index in [0.29, 0.717) is 28.1 Å². The Morgan fingerprint density at radius 2 is 1.92 bits per heavy atom. The van der Waals surface area contributed by atoms with E-state index >= 15 is 0 Å². The van der Waals surface area contributed by atoms with E-state index in [4.69, 9.17) is 0 Å². The van der Waals surface area contributed by atoms with Crippen LogP contribution in [-0.4, -0.2) is 29.1 Å². The fraction of sp³-hybridized carbons (Fsp3) is 0.0667. The smallest absolute Gasteiger partial charge is 0.269 e. The lowest BCUT2D eigenvalue weighted by molar-refractivity contribution is -0.384. The number of pyridine rings is 1. The summed E-state index contributed by atoms with van der Waals surface area (Å²) in [6, 6.07) is 7.52. The first-order chi connectivity index (χ1) is 11.6. The van der Waals surface area contributed by atoms with Crippen molar-refractivity contribution in [3.05, 3.63) is 69.0 Å². The molecule has 3 aromatic heterocycles. The van der Waals surface area contributed by atoms with Gasteiger partial charge in [-0.15, -0.1) is 0 Å². The van der Waals surface area contributed by atoms with Crippen molar-refractivity contribution in [3.63, 3.8) is 0 Å². The molecule has 0 N–H and O–H groups in total. The molecular formula is C15H10N6O3. The highest BCUT2D eigenvalue weighted by molar-refractivity contribution is 5.82. The first-order valence-corrected chi connectivity index (χ1v) is 7.03. The van der Waals surface area contributed by atoms with Gasteiger partial charge in [0.25, 0.3) is 17.0 Å². The zero-order chi connectivity index (χ0) is 16.8. The van der Waals surface area contributed by atoms with Gasteiger partial charge in [0.1, 0.15) is 6.33 Å². The fourth-order valence-corrected chi connectivity index (χ4v) is 2.67. The number of rotatable bonds is 2. The van der Waals surface area contributed by atoms with Crippen LogP contribution in [0.4, 0.5) is 5.69 Å². The second kappa shape index (κ2) is 4.95. The molecule has 9 nitrogen and oxygen atoms in total. The van der Waals surface area contributed by atoms with E-state index < -0.39 is 4.92 Å². The van der Waals surface area contributed by atoms with Gasteiger partial charge in [-0.05, 0) is 25.1 Å². The highest BCUT2D eigenvalue weighted by Gasteiger charge is 2.13. The van der Waals surface area contributed by atoms with Crippen molar-refractivity contribution < 1.29 is 4.92 Å². The Kier molecular flexibility index (Phi) is 2.89.